The summed E-state index contributed by atoms with van der Waals surface area (Å²) in [6.07, 6.45) is 0. The summed E-state index contributed by atoms with van der Waals surface area (Å²) in [5.74, 6) is -0.758. The lowest BCUT2D eigenvalue weighted by Crippen LogP contribution is -2.37. The molecule has 0 radical (unpaired) electrons. The molecule has 0 atom stereocenters. The molecule has 0 saturated carbocycles. The van der Waals surface area contributed by atoms with Gasteiger partial charge in [-0.15, -0.1) is 0 Å². The Morgan fingerprint density at radius 1 is 1.04 bits per heavy atom. The Morgan fingerprint density at radius 3 is 2.22 bits per heavy atom. The van der Waals surface area contributed by atoms with Crippen molar-refractivity contribution in [1.29, 1.82) is 0 Å². The number of nitrogens with one attached hydrogen (secondary N) is 1. The summed E-state index contributed by atoms with van der Waals surface area (Å²) in [4.78, 5) is 37.5. The number of carbonyl (C=O) groups excluding carboxylic acids is 3. The van der Waals surface area contributed by atoms with Crippen LogP contribution in [0, 0.1) is 0 Å². The molecule has 2 aromatic rings. The van der Waals surface area contributed by atoms with E-state index in [4.69, 9.17) is 0 Å². The Bertz CT molecular complexity index is 828. The molecule has 0 heterocycles. The average molecular weight is 368 g/mol. The van der Waals surface area contributed by atoms with Gasteiger partial charge in [0.2, 0.25) is 11.8 Å². The van der Waals surface area contributed by atoms with E-state index in [0.29, 0.717) is 11.3 Å². The topological polar surface area (TPSA) is 75.7 Å². The second kappa shape index (κ2) is 8.98. The Hall–Kier alpha value is -3.15. The number of benzene rings is 2. The molecule has 1 N–H and O–H groups in total. The molecule has 2 aromatic carbocycles. The number of hydrogen-bond donors (Lipinski definition) is 1. The number of rotatable bonds is 6. The van der Waals surface area contributed by atoms with Crippen LogP contribution in [0.3, 0.4) is 0 Å². The van der Waals surface area contributed by atoms with Crippen molar-refractivity contribution in [2.24, 2.45) is 0 Å². The van der Waals surface area contributed by atoms with Crippen molar-refractivity contribution in [2.75, 3.05) is 23.9 Å². The number of nitrogens with zero attached hydrogens (tertiary/aromatic N) is 1. The van der Waals surface area contributed by atoms with E-state index >= 15 is 0 Å². The third kappa shape index (κ3) is 5.17. The fourth-order valence-corrected chi connectivity index (χ4v) is 2.74. The molecule has 2 rings (SSSR count). The molecule has 0 aliphatic heterocycles. The van der Waals surface area contributed by atoms with Crippen molar-refractivity contribution >= 4 is 29.2 Å². The van der Waals surface area contributed by atoms with Gasteiger partial charge >= 0.3 is 5.97 Å². The van der Waals surface area contributed by atoms with Crippen LogP contribution < -0.4 is 10.2 Å². The van der Waals surface area contributed by atoms with E-state index in [0.717, 1.165) is 11.3 Å². The summed E-state index contributed by atoms with van der Waals surface area (Å²) in [5, 5.41) is 2.74. The molecule has 2 amide bonds. The zero-order chi connectivity index (χ0) is 20.0. The van der Waals surface area contributed by atoms with E-state index < -0.39 is 5.97 Å². The summed E-state index contributed by atoms with van der Waals surface area (Å²) >= 11 is 0. The largest absolute Gasteiger partial charge is 0.465 e. The number of ether oxygens (including phenoxy) is 1. The predicted octanol–water partition coefficient (Wildman–Crippen LogP) is 3.59. The molecule has 27 heavy (non-hydrogen) atoms. The number of para-hydroxylation sites is 1. The maximum atomic E-state index is 12.5. The molecule has 142 valence electrons. The molecule has 0 saturated heterocycles. The van der Waals surface area contributed by atoms with Crippen LogP contribution in [-0.2, 0) is 14.3 Å². The van der Waals surface area contributed by atoms with Gasteiger partial charge in [0.1, 0.15) is 6.54 Å². The molecule has 0 fully saturated rings. The lowest BCUT2D eigenvalue weighted by molar-refractivity contribution is -0.120. The molecular weight excluding hydrogens is 344 g/mol. The smallest absolute Gasteiger partial charge is 0.337 e. The van der Waals surface area contributed by atoms with Gasteiger partial charge in [-0.2, -0.15) is 0 Å². The normalized spacial score (nSPS) is 10.4. The van der Waals surface area contributed by atoms with E-state index in [1.165, 1.54) is 18.9 Å². The zero-order valence-electron chi connectivity index (χ0n) is 16.0. The minimum absolute atomic E-state index is 0.0994. The van der Waals surface area contributed by atoms with Gasteiger partial charge < -0.3 is 15.0 Å². The van der Waals surface area contributed by atoms with Crippen LogP contribution in [0.5, 0.6) is 0 Å². The second-order valence-corrected chi connectivity index (χ2v) is 6.44. The minimum atomic E-state index is -0.444. The van der Waals surface area contributed by atoms with Crippen LogP contribution in [0.25, 0.3) is 0 Å². The Kier molecular flexibility index (Phi) is 6.71. The molecule has 0 aromatic heterocycles. The summed E-state index contributed by atoms with van der Waals surface area (Å²) in [5.41, 5.74) is 2.67. The first kappa shape index (κ1) is 20.2. The third-order valence-corrected chi connectivity index (χ3v) is 4.12. The fourth-order valence-electron chi connectivity index (χ4n) is 2.74. The molecule has 6 heteroatoms. The number of amides is 2. The monoisotopic (exact) mass is 368 g/mol. The first-order chi connectivity index (χ1) is 12.8. The number of hydrogen-bond acceptors (Lipinski definition) is 4. The van der Waals surface area contributed by atoms with Gasteiger partial charge in [0.15, 0.2) is 0 Å². The van der Waals surface area contributed by atoms with Crippen molar-refractivity contribution in [3.05, 3.63) is 59.7 Å². The van der Waals surface area contributed by atoms with E-state index in [-0.39, 0.29) is 24.3 Å². The molecule has 0 aliphatic carbocycles. The number of carbonyl (C=O) groups is 3. The average Bonchev–Trinajstić information content (AvgIpc) is 2.65. The van der Waals surface area contributed by atoms with Gasteiger partial charge in [-0.3, -0.25) is 9.59 Å². The van der Waals surface area contributed by atoms with Crippen molar-refractivity contribution in [3.8, 4) is 0 Å². The predicted molar refractivity (Wildman–Crippen MR) is 105 cm³/mol. The van der Waals surface area contributed by atoms with Gasteiger partial charge in [-0.1, -0.05) is 32.0 Å². The van der Waals surface area contributed by atoms with Crippen LogP contribution in [0.1, 0.15) is 42.6 Å². The summed E-state index contributed by atoms with van der Waals surface area (Å²) in [6.45, 7) is 5.42. The first-order valence-electron chi connectivity index (χ1n) is 8.68. The van der Waals surface area contributed by atoms with Crippen LogP contribution in [0.15, 0.2) is 48.5 Å². The van der Waals surface area contributed by atoms with Gasteiger partial charge in [0.05, 0.1) is 12.7 Å². The molecule has 0 bridgehead atoms. The van der Waals surface area contributed by atoms with E-state index in [9.17, 15) is 14.4 Å². The Balaban J connectivity index is 2.14. The molecule has 0 unspecified atom stereocenters. The highest BCUT2D eigenvalue weighted by molar-refractivity contribution is 6.02. The lowest BCUT2D eigenvalue weighted by Gasteiger charge is -2.25. The minimum Gasteiger partial charge on any atom is -0.465 e. The van der Waals surface area contributed by atoms with E-state index in [1.807, 2.05) is 38.1 Å². The quantitative estimate of drug-likeness (QED) is 0.791. The van der Waals surface area contributed by atoms with Crippen molar-refractivity contribution in [1.82, 2.24) is 0 Å². The third-order valence-electron chi connectivity index (χ3n) is 4.12. The van der Waals surface area contributed by atoms with Crippen LogP contribution in [-0.4, -0.2) is 31.4 Å². The Labute approximate surface area is 159 Å². The van der Waals surface area contributed by atoms with E-state index in [2.05, 4.69) is 10.1 Å². The van der Waals surface area contributed by atoms with Gasteiger partial charge in [0, 0.05) is 18.3 Å². The first-order valence-corrected chi connectivity index (χ1v) is 8.68. The molecular formula is C21H24N2O4. The van der Waals surface area contributed by atoms with Gasteiger partial charge in [-0.25, -0.2) is 4.79 Å². The Morgan fingerprint density at radius 2 is 1.67 bits per heavy atom. The molecule has 6 nitrogen and oxygen atoms in total. The molecule has 0 spiro atoms. The van der Waals surface area contributed by atoms with Gasteiger partial charge in [-0.05, 0) is 41.8 Å². The highest BCUT2D eigenvalue weighted by atomic mass is 16.5. The maximum absolute atomic E-state index is 12.5. The van der Waals surface area contributed by atoms with Gasteiger partial charge in [0.25, 0.3) is 0 Å². The number of methoxy groups -OCH3 is 1. The van der Waals surface area contributed by atoms with Crippen LogP contribution in [0.2, 0.25) is 0 Å². The second-order valence-electron chi connectivity index (χ2n) is 6.44. The summed E-state index contributed by atoms with van der Waals surface area (Å²) in [6, 6.07) is 13.9. The SMILES string of the molecule is COC(=O)c1ccc(NC(=O)CN(C(C)=O)c2ccccc2C(C)C)cc1. The fraction of sp³-hybridized carbons (Fsp3) is 0.286. The van der Waals surface area contributed by atoms with Crippen LogP contribution >= 0.6 is 0 Å². The maximum Gasteiger partial charge on any atom is 0.337 e. The number of esters is 1. The summed E-state index contributed by atoms with van der Waals surface area (Å²) < 4.78 is 4.65. The lowest BCUT2D eigenvalue weighted by atomic mass is 10.0. The standard InChI is InChI=1S/C21H24N2O4/c1-14(2)18-7-5-6-8-19(18)23(15(3)24)13-20(25)22-17-11-9-16(10-12-17)21(26)27-4/h5-12,14H,13H2,1-4H3,(H,22,25). The zero-order valence-corrected chi connectivity index (χ0v) is 16.0. The summed E-state index contributed by atoms with van der Waals surface area (Å²) in [7, 11) is 1.31. The van der Waals surface area contributed by atoms with Crippen LogP contribution in [0.4, 0.5) is 11.4 Å². The van der Waals surface area contributed by atoms with Crippen molar-refractivity contribution < 1.29 is 19.1 Å². The highest BCUT2D eigenvalue weighted by Crippen LogP contribution is 2.27. The number of anilines is 2. The molecule has 0 aliphatic rings. The van der Waals surface area contributed by atoms with Crippen molar-refractivity contribution in [2.45, 2.75) is 26.7 Å². The van der Waals surface area contributed by atoms with Crippen molar-refractivity contribution in [3.63, 3.8) is 0 Å². The van der Waals surface area contributed by atoms with E-state index in [1.54, 1.807) is 24.3 Å². The highest BCUT2D eigenvalue weighted by Gasteiger charge is 2.19.